The molecular formula is C17H21ClFNO3. The van der Waals surface area contributed by atoms with E-state index in [1.54, 1.807) is 6.07 Å². The standard InChI is InChI=1S/C17H21ClFNO3/c1-17(2)8-11-12(23-17)7-10(14(18)15(11)19)13(16(21)22)9-3-5-20-6-4-9/h7,9,13,20H,3-6,8H2,1-2H3,(H,21,22)/t13-/m0/s1. The molecule has 0 unspecified atom stereocenters. The Hall–Kier alpha value is -1.33. The average molecular weight is 342 g/mol. The SMILES string of the molecule is CC1(C)Cc2c(cc([C@@H](C(=O)O)C3CCNCC3)c(Cl)c2F)O1. The summed E-state index contributed by atoms with van der Waals surface area (Å²) in [6.07, 6.45) is 1.90. The van der Waals surface area contributed by atoms with Crippen molar-refractivity contribution in [2.45, 2.75) is 44.6 Å². The van der Waals surface area contributed by atoms with Gasteiger partial charge in [0, 0.05) is 12.0 Å². The second-order valence-electron chi connectivity index (χ2n) is 7.01. The zero-order chi connectivity index (χ0) is 16.8. The van der Waals surface area contributed by atoms with Gasteiger partial charge in [-0.25, -0.2) is 4.39 Å². The van der Waals surface area contributed by atoms with Crippen molar-refractivity contribution in [1.29, 1.82) is 0 Å². The van der Waals surface area contributed by atoms with Gasteiger partial charge in [-0.05, 0) is 57.3 Å². The summed E-state index contributed by atoms with van der Waals surface area (Å²) >= 11 is 6.22. The van der Waals surface area contributed by atoms with Gasteiger partial charge in [-0.15, -0.1) is 0 Å². The van der Waals surface area contributed by atoms with Gasteiger partial charge in [-0.2, -0.15) is 0 Å². The number of benzene rings is 1. The minimum absolute atomic E-state index is 0.0573. The lowest BCUT2D eigenvalue weighted by Gasteiger charge is -2.29. The first-order valence-corrected chi connectivity index (χ1v) is 8.31. The van der Waals surface area contributed by atoms with E-state index in [4.69, 9.17) is 16.3 Å². The van der Waals surface area contributed by atoms with E-state index in [1.165, 1.54) is 0 Å². The first kappa shape index (κ1) is 16.5. The predicted octanol–water partition coefficient (Wildman–Crippen LogP) is 3.36. The smallest absolute Gasteiger partial charge is 0.311 e. The van der Waals surface area contributed by atoms with Crippen LogP contribution in [0.15, 0.2) is 6.07 Å². The van der Waals surface area contributed by atoms with Crippen molar-refractivity contribution in [2.75, 3.05) is 13.1 Å². The highest BCUT2D eigenvalue weighted by Crippen LogP contribution is 2.44. The number of carboxylic acid groups (broad SMARTS) is 1. The van der Waals surface area contributed by atoms with E-state index < -0.39 is 23.3 Å². The highest BCUT2D eigenvalue weighted by molar-refractivity contribution is 6.32. The van der Waals surface area contributed by atoms with Crippen LogP contribution < -0.4 is 10.1 Å². The topological polar surface area (TPSA) is 58.6 Å². The molecular weight excluding hydrogens is 321 g/mol. The van der Waals surface area contributed by atoms with Crippen LogP contribution in [0.4, 0.5) is 4.39 Å². The molecule has 0 aromatic heterocycles. The summed E-state index contributed by atoms with van der Waals surface area (Å²) in [7, 11) is 0. The van der Waals surface area contributed by atoms with Crippen LogP contribution in [-0.4, -0.2) is 29.8 Å². The summed E-state index contributed by atoms with van der Waals surface area (Å²) in [5, 5.41) is 12.8. The van der Waals surface area contributed by atoms with Crippen molar-refractivity contribution in [2.24, 2.45) is 5.92 Å². The van der Waals surface area contributed by atoms with Gasteiger partial charge >= 0.3 is 5.97 Å². The van der Waals surface area contributed by atoms with Gasteiger partial charge in [-0.1, -0.05) is 11.6 Å². The van der Waals surface area contributed by atoms with Crippen LogP contribution in [0.5, 0.6) is 5.75 Å². The molecule has 23 heavy (non-hydrogen) atoms. The van der Waals surface area contributed by atoms with Crippen LogP contribution >= 0.6 is 11.6 Å². The molecule has 0 saturated carbocycles. The third kappa shape index (κ3) is 3.04. The molecule has 2 heterocycles. The minimum atomic E-state index is -0.963. The monoisotopic (exact) mass is 341 g/mol. The van der Waals surface area contributed by atoms with E-state index in [1.807, 2.05) is 13.8 Å². The van der Waals surface area contributed by atoms with E-state index in [-0.39, 0.29) is 10.9 Å². The summed E-state index contributed by atoms with van der Waals surface area (Å²) in [4.78, 5) is 11.8. The maximum atomic E-state index is 14.7. The van der Waals surface area contributed by atoms with Crippen molar-refractivity contribution in [3.63, 3.8) is 0 Å². The Morgan fingerprint density at radius 2 is 2.13 bits per heavy atom. The second-order valence-corrected chi connectivity index (χ2v) is 7.39. The van der Waals surface area contributed by atoms with Gasteiger partial charge in [0.2, 0.25) is 0 Å². The van der Waals surface area contributed by atoms with Gasteiger partial charge in [0.05, 0.1) is 10.9 Å². The third-order valence-corrected chi connectivity index (χ3v) is 5.12. The van der Waals surface area contributed by atoms with Crippen LogP contribution in [0.25, 0.3) is 0 Å². The number of carboxylic acids is 1. The Kier molecular flexibility index (Phi) is 4.27. The lowest BCUT2D eigenvalue weighted by molar-refractivity contribution is -0.140. The molecule has 1 saturated heterocycles. The minimum Gasteiger partial charge on any atom is -0.487 e. The van der Waals surface area contributed by atoms with Crippen LogP contribution in [0.3, 0.4) is 0 Å². The van der Waals surface area contributed by atoms with E-state index in [2.05, 4.69) is 5.32 Å². The molecule has 1 aromatic carbocycles. The number of halogens is 2. The maximum Gasteiger partial charge on any atom is 0.311 e. The van der Waals surface area contributed by atoms with Gasteiger partial charge in [-0.3, -0.25) is 4.79 Å². The number of ether oxygens (including phenoxy) is 1. The van der Waals surface area contributed by atoms with Crippen LogP contribution in [0, 0.1) is 11.7 Å². The first-order valence-electron chi connectivity index (χ1n) is 7.93. The molecule has 2 aliphatic rings. The quantitative estimate of drug-likeness (QED) is 0.885. The molecule has 1 aromatic rings. The molecule has 0 radical (unpaired) electrons. The molecule has 2 N–H and O–H groups in total. The van der Waals surface area contributed by atoms with Crippen molar-refractivity contribution in [1.82, 2.24) is 5.32 Å². The van der Waals surface area contributed by atoms with E-state index >= 15 is 0 Å². The number of carbonyl (C=O) groups is 1. The third-order valence-electron chi connectivity index (χ3n) is 4.74. The summed E-state index contributed by atoms with van der Waals surface area (Å²) < 4.78 is 20.5. The highest BCUT2D eigenvalue weighted by Gasteiger charge is 2.38. The van der Waals surface area contributed by atoms with E-state index in [0.29, 0.717) is 23.3 Å². The van der Waals surface area contributed by atoms with Gasteiger partial charge in [0.15, 0.2) is 0 Å². The van der Waals surface area contributed by atoms with Crippen LogP contribution in [-0.2, 0) is 11.2 Å². The largest absolute Gasteiger partial charge is 0.487 e. The summed E-state index contributed by atoms with van der Waals surface area (Å²) in [5.74, 6) is -1.94. The molecule has 0 amide bonds. The maximum absolute atomic E-state index is 14.7. The molecule has 2 aliphatic heterocycles. The van der Waals surface area contributed by atoms with Crippen molar-refractivity contribution < 1.29 is 19.0 Å². The second kappa shape index (κ2) is 5.95. The Morgan fingerprint density at radius 3 is 2.74 bits per heavy atom. The number of aliphatic carboxylic acids is 1. The molecule has 1 fully saturated rings. The fourth-order valence-electron chi connectivity index (χ4n) is 3.67. The summed E-state index contributed by atoms with van der Waals surface area (Å²) in [6.45, 7) is 5.29. The van der Waals surface area contributed by atoms with Gasteiger partial charge in [0.25, 0.3) is 0 Å². The Bertz CT molecular complexity index is 641. The lowest BCUT2D eigenvalue weighted by Crippen LogP contribution is -2.33. The van der Waals surface area contributed by atoms with E-state index in [9.17, 15) is 14.3 Å². The predicted molar refractivity (Wildman–Crippen MR) is 85.8 cm³/mol. The number of hydrogen-bond acceptors (Lipinski definition) is 3. The molecule has 4 nitrogen and oxygen atoms in total. The van der Waals surface area contributed by atoms with Crippen molar-refractivity contribution >= 4 is 17.6 Å². The number of nitrogens with one attached hydrogen (secondary N) is 1. The Balaban J connectivity index is 2.04. The zero-order valence-electron chi connectivity index (χ0n) is 13.3. The van der Waals surface area contributed by atoms with Crippen molar-refractivity contribution in [3.05, 3.63) is 28.0 Å². The molecule has 0 spiro atoms. The normalized spacial score (nSPS) is 21.6. The zero-order valence-corrected chi connectivity index (χ0v) is 14.0. The summed E-state index contributed by atoms with van der Waals surface area (Å²) in [5.41, 5.74) is 0.275. The molecule has 6 heteroatoms. The molecule has 3 rings (SSSR count). The molecule has 1 atom stereocenters. The Labute approximate surface area is 140 Å². The van der Waals surface area contributed by atoms with Gasteiger partial charge < -0.3 is 15.2 Å². The molecule has 0 aliphatic carbocycles. The number of piperidine rings is 1. The molecule has 0 bridgehead atoms. The highest BCUT2D eigenvalue weighted by atomic mass is 35.5. The fraction of sp³-hybridized carbons (Fsp3) is 0.588. The van der Waals surface area contributed by atoms with Gasteiger partial charge in [0.1, 0.15) is 17.2 Å². The lowest BCUT2D eigenvalue weighted by atomic mass is 9.80. The average Bonchev–Trinajstić information content (AvgIpc) is 2.80. The number of fused-ring (bicyclic) bond motifs is 1. The molecule has 126 valence electrons. The fourth-order valence-corrected chi connectivity index (χ4v) is 3.95. The van der Waals surface area contributed by atoms with E-state index in [0.717, 1.165) is 25.9 Å². The number of hydrogen-bond donors (Lipinski definition) is 2. The van der Waals surface area contributed by atoms with Crippen LogP contribution in [0.1, 0.15) is 43.7 Å². The first-order chi connectivity index (χ1) is 10.8. The summed E-state index contributed by atoms with van der Waals surface area (Å²) in [6, 6.07) is 1.64. The Morgan fingerprint density at radius 1 is 1.48 bits per heavy atom. The number of rotatable bonds is 3. The van der Waals surface area contributed by atoms with Crippen molar-refractivity contribution in [3.8, 4) is 5.75 Å². The van der Waals surface area contributed by atoms with Crippen LogP contribution in [0.2, 0.25) is 5.02 Å².